The maximum atomic E-state index is 11.4. The van der Waals surface area contributed by atoms with Crippen molar-refractivity contribution >= 4 is 11.9 Å². The van der Waals surface area contributed by atoms with Crippen LogP contribution in [0.5, 0.6) is 5.75 Å². The zero-order chi connectivity index (χ0) is 15.5. The maximum absolute atomic E-state index is 11.4. The molecule has 0 saturated carbocycles. The lowest BCUT2D eigenvalue weighted by Gasteiger charge is -2.11. The number of ether oxygens (including phenoxy) is 1. The Balaban J connectivity index is 2.59. The lowest BCUT2D eigenvalue weighted by atomic mass is 10.2. The van der Waals surface area contributed by atoms with E-state index in [4.69, 9.17) is 4.74 Å². The number of guanidine groups is 1. The SMILES string of the molecule is CCNC(=O)CNC(=NCc1cccc(OC)c1)NCC. The number of nitrogens with one attached hydrogen (secondary N) is 3. The molecule has 1 rings (SSSR count). The zero-order valence-corrected chi connectivity index (χ0v) is 12.9. The highest BCUT2D eigenvalue weighted by atomic mass is 16.5. The smallest absolute Gasteiger partial charge is 0.239 e. The Morgan fingerprint density at radius 2 is 1.95 bits per heavy atom. The van der Waals surface area contributed by atoms with Gasteiger partial charge < -0.3 is 20.7 Å². The molecule has 0 radical (unpaired) electrons. The van der Waals surface area contributed by atoms with Gasteiger partial charge in [-0.2, -0.15) is 0 Å². The zero-order valence-electron chi connectivity index (χ0n) is 12.9. The molecule has 6 nitrogen and oxygen atoms in total. The topological polar surface area (TPSA) is 74.8 Å². The third-order valence-corrected chi connectivity index (χ3v) is 2.69. The van der Waals surface area contributed by atoms with Gasteiger partial charge >= 0.3 is 0 Å². The molecule has 1 aromatic rings. The van der Waals surface area contributed by atoms with Gasteiger partial charge in [0.25, 0.3) is 0 Å². The predicted molar refractivity (Wildman–Crippen MR) is 84.5 cm³/mol. The molecule has 21 heavy (non-hydrogen) atoms. The number of hydrogen-bond acceptors (Lipinski definition) is 3. The van der Waals surface area contributed by atoms with Gasteiger partial charge in [0.1, 0.15) is 5.75 Å². The van der Waals surface area contributed by atoms with Gasteiger partial charge in [0, 0.05) is 13.1 Å². The van der Waals surface area contributed by atoms with Crippen molar-refractivity contribution in [2.24, 2.45) is 4.99 Å². The lowest BCUT2D eigenvalue weighted by Crippen LogP contribution is -2.43. The highest BCUT2D eigenvalue weighted by molar-refractivity contribution is 5.86. The molecule has 0 aliphatic carbocycles. The normalized spacial score (nSPS) is 10.9. The summed E-state index contributed by atoms with van der Waals surface area (Å²) in [6.07, 6.45) is 0. The standard InChI is InChI=1S/C15H24N4O2/c1-4-16-14(20)11-19-15(17-5-2)18-10-12-7-6-8-13(9-12)21-3/h6-9H,4-5,10-11H2,1-3H3,(H,16,20)(H2,17,18,19). The first-order chi connectivity index (χ1) is 10.2. The Kier molecular flexibility index (Phi) is 7.71. The van der Waals surface area contributed by atoms with Crippen LogP contribution in [-0.4, -0.2) is 38.6 Å². The predicted octanol–water partition coefficient (Wildman–Crippen LogP) is 0.886. The monoisotopic (exact) mass is 292 g/mol. The first-order valence-electron chi connectivity index (χ1n) is 7.11. The van der Waals surface area contributed by atoms with Crippen LogP contribution in [0.15, 0.2) is 29.3 Å². The molecule has 0 atom stereocenters. The number of benzene rings is 1. The molecule has 0 aliphatic heterocycles. The van der Waals surface area contributed by atoms with Crippen molar-refractivity contribution in [2.45, 2.75) is 20.4 Å². The van der Waals surface area contributed by atoms with Crippen molar-refractivity contribution < 1.29 is 9.53 Å². The summed E-state index contributed by atoms with van der Waals surface area (Å²) in [7, 11) is 1.64. The quantitative estimate of drug-likeness (QED) is 0.515. The molecule has 3 N–H and O–H groups in total. The number of nitrogens with zero attached hydrogens (tertiary/aromatic N) is 1. The molecular weight excluding hydrogens is 268 g/mol. The molecule has 0 bridgehead atoms. The fourth-order valence-corrected chi connectivity index (χ4v) is 1.71. The van der Waals surface area contributed by atoms with E-state index in [-0.39, 0.29) is 12.5 Å². The molecule has 0 saturated heterocycles. The van der Waals surface area contributed by atoms with Crippen molar-refractivity contribution in [3.05, 3.63) is 29.8 Å². The number of likely N-dealkylation sites (N-methyl/N-ethyl adjacent to an activating group) is 1. The summed E-state index contributed by atoms with van der Waals surface area (Å²) in [4.78, 5) is 15.9. The van der Waals surface area contributed by atoms with E-state index in [1.807, 2.05) is 38.1 Å². The van der Waals surface area contributed by atoms with Gasteiger partial charge in [-0.15, -0.1) is 0 Å². The van der Waals surface area contributed by atoms with E-state index in [0.29, 0.717) is 19.0 Å². The summed E-state index contributed by atoms with van der Waals surface area (Å²) < 4.78 is 5.18. The summed E-state index contributed by atoms with van der Waals surface area (Å²) in [6, 6.07) is 7.75. The Bertz CT molecular complexity index is 474. The third kappa shape index (κ3) is 6.65. The van der Waals surface area contributed by atoms with Gasteiger partial charge in [0.15, 0.2) is 5.96 Å². The van der Waals surface area contributed by atoms with Crippen LogP contribution in [0, 0.1) is 0 Å². The molecule has 6 heteroatoms. The van der Waals surface area contributed by atoms with E-state index >= 15 is 0 Å². The van der Waals surface area contributed by atoms with Crippen LogP contribution in [0.4, 0.5) is 0 Å². The lowest BCUT2D eigenvalue weighted by molar-refractivity contribution is -0.119. The summed E-state index contributed by atoms with van der Waals surface area (Å²) in [5, 5.41) is 8.84. The minimum Gasteiger partial charge on any atom is -0.497 e. The first kappa shape index (κ1) is 16.8. The number of carbonyl (C=O) groups is 1. The Hall–Kier alpha value is -2.24. The molecule has 116 valence electrons. The third-order valence-electron chi connectivity index (χ3n) is 2.69. The van der Waals surface area contributed by atoms with Crippen LogP contribution in [-0.2, 0) is 11.3 Å². The fraction of sp³-hybridized carbons (Fsp3) is 0.467. The van der Waals surface area contributed by atoms with Crippen LogP contribution in [0.1, 0.15) is 19.4 Å². The number of carbonyl (C=O) groups excluding carboxylic acids is 1. The number of amides is 1. The molecule has 0 fully saturated rings. The molecular formula is C15H24N4O2. The Labute approximate surface area is 126 Å². The molecule has 0 aliphatic rings. The van der Waals surface area contributed by atoms with Crippen LogP contribution < -0.4 is 20.7 Å². The molecule has 0 spiro atoms. The fourth-order valence-electron chi connectivity index (χ4n) is 1.71. The van der Waals surface area contributed by atoms with E-state index in [1.165, 1.54) is 0 Å². The van der Waals surface area contributed by atoms with Crippen molar-refractivity contribution in [3.63, 3.8) is 0 Å². The van der Waals surface area contributed by atoms with Crippen molar-refractivity contribution in [1.82, 2.24) is 16.0 Å². The van der Waals surface area contributed by atoms with E-state index in [9.17, 15) is 4.79 Å². The minimum atomic E-state index is -0.0514. The molecule has 0 heterocycles. The van der Waals surface area contributed by atoms with Gasteiger partial charge in [-0.1, -0.05) is 12.1 Å². The maximum Gasteiger partial charge on any atom is 0.239 e. The van der Waals surface area contributed by atoms with Crippen molar-refractivity contribution in [1.29, 1.82) is 0 Å². The average Bonchev–Trinajstić information content (AvgIpc) is 2.50. The van der Waals surface area contributed by atoms with E-state index < -0.39 is 0 Å². The average molecular weight is 292 g/mol. The van der Waals surface area contributed by atoms with Gasteiger partial charge in [-0.25, -0.2) is 4.99 Å². The van der Waals surface area contributed by atoms with E-state index in [2.05, 4.69) is 20.9 Å². The number of rotatable bonds is 7. The van der Waals surface area contributed by atoms with Gasteiger partial charge in [0.05, 0.1) is 20.2 Å². The summed E-state index contributed by atoms with van der Waals surface area (Å²) in [5.74, 6) is 1.37. The van der Waals surface area contributed by atoms with Crippen LogP contribution in [0.2, 0.25) is 0 Å². The van der Waals surface area contributed by atoms with E-state index in [1.54, 1.807) is 7.11 Å². The first-order valence-corrected chi connectivity index (χ1v) is 7.11. The van der Waals surface area contributed by atoms with Crippen molar-refractivity contribution in [3.8, 4) is 5.75 Å². The highest BCUT2D eigenvalue weighted by Crippen LogP contribution is 2.12. The number of aliphatic imine (C=N–C) groups is 1. The second kappa shape index (κ2) is 9.63. The Morgan fingerprint density at radius 1 is 1.19 bits per heavy atom. The van der Waals surface area contributed by atoms with Gasteiger partial charge in [-0.3, -0.25) is 4.79 Å². The molecule has 0 unspecified atom stereocenters. The number of methoxy groups -OCH3 is 1. The van der Waals surface area contributed by atoms with Crippen LogP contribution in [0.25, 0.3) is 0 Å². The molecule has 1 aromatic carbocycles. The van der Waals surface area contributed by atoms with Gasteiger partial charge in [-0.05, 0) is 31.5 Å². The summed E-state index contributed by atoms with van der Waals surface area (Å²) in [5.41, 5.74) is 1.05. The summed E-state index contributed by atoms with van der Waals surface area (Å²) in [6.45, 7) is 5.95. The van der Waals surface area contributed by atoms with Crippen LogP contribution in [0.3, 0.4) is 0 Å². The molecule has 1 amide bonds. The van der Waals surface area contributed by atoms with Gasteiger partial charge in [0.2, 0.25) is 5.91 Å². The Morgan fingerprint density at radius 3 is 2.62 bits per heavy atom. The second-order valence-corrected chi connectivity index (χ2v) is 4.35. The second-order valence-electron chi connectivity index (χ2n) is 4.35. The minimum absolute atomic E-state index is 0.0514. The molecule has 0 aromatic heterocycles. The highest BCUT2D eigenvalue weighted by Gasteiger charge is 2.02. The van der Waals surface area contributed by atoms with Crippen molar-refractivity contribution in [2.75, 3.05) is 26.7 Å². The largest absolute Gasteiger partial charge is 0.497 e. The summed E-state index contributed by atoms with van der Waals surface area (Å²) >= 11 is 0. The number of hydrogen-bond donors (Lipinski definition) is 3. The van der Waals surface area contributed by atoms with Crippen LogP contribution >= 0.6 is 0 Å². The van der Waals surface area contributed by atoms with E-state index in [0.717, 1.165) is 17.9 Å².